The molecule has 0 aromatic rings. The normalized spacial score (nSPS) is 28.8. The summed E-state index contributed by atoms with van der Waals surface area (Å²) in [5.74, 6) is 1.49. The standard InChI is InChI=1S/C21H41NO2/c1-16(2)24-21-13-20(14-21)12-19(5)23-15-17(3)8-9-18(4)22-10-6-7-11-22/h16-21H,6-15H2,1-5H3. The number of nitrogens with zero attached hydrogens (tertiary/aromatic N) is 1. The number of rotatable bonds is 11. The Bertz CT molecular complexity index is 335. The van der Waals surface area contributed by atoms with Crippen molar-refractivity contribution < 1.29 is 9.47 Å². The van der Waals surface area contributed by atoms with E-state index in [-0.39, 0.29) is 0 Å². The minimum atomic E-state index is 0.369. The Hall–Kier alpha value is -0.120. The first-order valence-corrected chi connectivity index (χ1v) is 10.4. The first-order chi connectivity index (χ1) is 11.4. The van der Waals surface area contributed by atoms with Gasteiger partial charge in [0.2, 0.25) is 0 Å². The van der Waals surface area contributed by atoms with Gasteiger partial charge in [-0.3, -0.25) is 0 Å². The van der Waals surface area contributed by atoms with Gasteiger partial charge in [-0.05, 0) is 97.6 Å². The zero-order valence-corrected chi connectivity index (χ0v) is 16.8. The summed E-state index contributed by atoms with van der Waals surface area (Å²) in [7, 11) is 0. The van der Waals surface area contributed by atoms with E-state index in [1.165, 1.54) is 58.0 Å². The van der Waals surface area contributed by atoms with Crippen molar-refractivity contribution in [1.29, 1.82) is 0 Å². The molecule has 24 heavy (non-hydrogen) atoms. The van der Waals surface area contributed by atoms with Crippen LogP contribution in [0.1, 0.15) is 79.6 Å². The molecule has 0 spiro atoms. The Morgan fingerprint density at radius 2 is 1.62 bits per heavy atom. The number of hydrogen-bond donors (Lipinski definition) is 0. The van der Waals surface area contributed by atoms with E-state index in [4.69, 9.17) is 9.47 Å². The van der Waals surface area contributed by atoms with Crippen LogP contribution in [-0.4, -0.2) is 49.0 Å². The molecule has 1 aliphatic heterocycles. The number of hydrogen-bond acceptors (Lipinski definition) is 3. The van der Waals surface area contributed by atoms with Crippen LogP contribution in [0.4, 0.5) is 0 Å². The lowest BCUT2D eigenvalue weighted by atomic mass is 9.79. The largest absolute Gasteiger partial charge is 0.378 e. The van der Waals surface area contributed by atoms with Gasteiger partial charge < -0.3 is 14.4 Å². The fourth-order valence-corrected chi connectivity index (χ4v) is 4.20. The third kappa shape index (κ3) is 7.01. The van der Waals surface area contributed by atoms with Gasteiger partial charge in [0.05, 0.1) is 18.3 Å². The summed E-state index contributed by atoms with van der Waals surface area (Å²) in [5.41, 5.74) is 0. The summed E-state index contributed by atoms with van der Waals surface area (Å²) < 4.78 is 12.0. The minimum Gasteiger partial charge on any atom is -0.378 e. The van der Waals surface area contributed by atoms with Crippen LogP contribution >= 0.6 is 0 Å². The van der Waals surface area contributed by atoms with E-state index in [1.807, 2.05) is 0 Å². The summed E-state index contributed by atoms with van der Waals surface area (Å²) in [6.07, 6.45) is 10.3. The molecule has 1 saturated carbocycles. The molecular formula is C21H41NO2. The van der Waals surface area contributed by atoms with Crippen molar-refractivity contribution in [3.63, 3.8) is 0 Å². The predicted molar refractivity (Wildman–Crippen MR) is 101 cm³/mol. The minimum absolute atomic E-state index is 0.369. The van der Waals surface area contributed by atoms with Crippen molar-refractivity contribution in [3.05, 3.63) is 0 Å². The fourth-order valence-electron chi connectivity index (χ4n) is 4.20. The Balaban J connectivity index is 1.49. The molecule has 0 aromatic heterocycles. The van der Waals surface area contributed by atoms with Crippen molar-refractivity contribution in [2.75, 3.05) is 19.7 Å². The van der Waals surface area contributed by atoms with Gasteiger partial charge in [-0.1, -0.05) is 6.92 Å². The molecule has 2 aliphatic rings. The Kier molecular flexibility index (Phi) is 8.53. The molecule has 3 atom stereocenters. The molecule has 1 heterocycles. The quantitative estimate of drug-likeness (QED) is 0.535. The van der Waals surface area contributed by atoms with Crippen LogP contribution in [0.25, 0.3) is 0 Å². The van der Waals surface area contributed by atoms with Crippen molar-refractivity contribution in [1.82, 2.24) is 4.90 Å². The molecule has 3 nitrogen and oxygen atoms in total. The van der Waals surface area contributed by atoms with Crippen LogP contribution in [0, 0.1) is 11.8 Å². The molecule has 0 radical (unpaired) electrons. The maximum absolute atomic E-state index is 6.13. The van der Waals surface area contributed by atoms with Crippen molar-refractivity contribution in [2.24, 2.45) is 11.8 Å². The summed E-state index contributed by atoms with van der Waals surface area (Å²) in [4.78, 5) is 2.66. The van der Waals surface area contributed by atoms with E-state index in [1.54, 1.807) is 0 Å². The average Bonchev–Trinajstić information content (AvgIpc) is 3.02. The molecule has 0 amide bonds. The van der Waals surface area contributed by atoms with Gasteiger partial charge in [0, 0.05) is 12.6 Å². The van der Waals surface area contributed by atoms with E-state index >= 15 is 0 Å². The van der Waals surface area contributed by atoms with Crippen LogP contribution in [-0.2, 0) is 9.47 Å². The van der Waals surface area contributed by atoms with Crippen molar-refractivity contribution >= 4 is 0 Å². The van der Waals surface area contributed by atoms with E-state index in [2.05, 4.69) is 39.5 Å². The lowest BCUT2D eigenvalue weighted by Crippen LogP contribution is -2.35. The van der Waals surface area contributed by atoms with Crippen LogP contribution in [0.3, 0.4) is 0 Å². The maximum Gasteiger partial charge on any atom is 0.0584 e. The Labute approximate surface area is 150 Å². The molecule has 0 N–H and O–H groups in total. The van der Waals surface area contributed by atoms with Crippen molar-refractivity contribution in [2.45, 2.75) is 104 Å². The van der Waals surface area contributed by atoms with Gasteiger partial charge in [0.25, 0.3) is 0 Å². The van der Waals surface area contributed by atoms with E-state index < -0.39 is 0 Å². The van der Waals surface area contributed by atoms with Crippen molar-refractivity contribution in [3.8, 4) is 0 Å². The molecule has 3 heteroatoms. The molecule has 142 valence electrons. The molecule has 1 aliphatic carbocycles. The molecule has 2 fully saturated rings. The monoisotopic (exact) mass is 339 g/mol. The summed E-state index contributed by atoms with van der Waals surface area (Å²) in [6, 6.07) is 0.750. The highest BCUT2D eigenvalue weighted by atomic mass is 16.5. The lowest BCUT2D eigenvalue weighted by Gasteiger charge is -2.37. The predicted octanol–water partition coefficient (Wildman–Crippen LogP) is 4.89. The summed E-state index contributed by atoms with van der Waals surface area (Å²) >= 11 is 0. The first kappa shape index (κ1) is 20.2. The molecule has 0 aromatic carbocycles. The molecule has 2 rings (SSSR count). The second kappa shape index (κ2) is 10.1. The Morgan fingerprint density at radius 3 is 2.25 bits per heavy atom. The van der Waals surface area contributed by atoms with Gasteiger partial charge in [0.1, 0.15) is 0 Å². The highest BCUT2D eigenvalue weighted by molar-refractivity contribution is 4.82. The Morgan fingerprint density at radius 1 is 0.958 bits per heavy atom. The highest BCUT2D eigenvalue weighted by Gasteiger charge is 2.31. The topological polar surface area (TPSA) is 21.7 Å². The second-order valence-electron chi connectivity index (χ2n) is 8.80. The maximum atomic E-state index is 6.13. The highest BCUT2D eigenvalue weighted by Crippen LogP contribution is 2.34. The zero-order chi connectivity index (χ0) is 17.5. The first-order valence-electron chi connectivity index (χ1n) is 10.4. The molecular weight excluding hydrogens is 298 g/mol. The zero-order valence-electron chi connectivity index (χ0n) is 16.8. The molecule has 1 saturated heterocycles. The summed E-state index contributed by atoms with van der Waals surface area (Å²) in [6.45, 7) is 14.8. The third-order valence-corrected chi connectivity index (χ3v) is 5.83. The van der Waals surface area contributed by atoms with Gasteiger partial charge in [-0.2, -0.15) is 0 Å². The fraction of sp³-hybridized carbons (Fsp3) is 1.00. The van der Waals surface area contributed by atoms with Gasteiger partial charge in [-0.15, -0.1) is 0 Å². The molecule has 0 bridgehead atoms. The van der Waals surface area contributed by atoms with Crippen LogP contribution in [0.15, 0.2) is 0 Å². The van der Waals surface area contributed by atoms with Crippen LogP contribution in [0.2, 0.25) is 0 Å². The van der Waals surface area contributed by atoms with E-state index in [0.717, 1.165) is 18.6 Å². The van der Waals surface area contributed by atoms with E-state index in [9.17, 15) is 0 Å². The van der Waals surface area contributed by atoms with Gasteiger partial charge >= 0.3 is 0 Å². The number of likely N-dealkylation sites (tertiary alicyclic amines) is 1. The summed E-state index contributed by atoms with van der Waals surface area (Å²) in [5, 5.41) is 0. The SMILES string of the molecule is CC(CCC(C)N1CCCC1)COC(C)CC1CC(OC(C)C)C1. The smallest absolute Gasteiger partial charge is 0.0584 e. The lowest BCUT2D eigenvalue weighted by molar-refractivity contribution is -0.0759. The van der Waals surface area contributed by atoms with E-state index in [0.29, 0.717) is 24.2 Å². The molecule has 3 unspecified atom stereocenters. The average molecular weight is 340 g/mol. The van der Waals surface area contributed by atoms with Gasteiger partial charge in [-0.25, -0.2) is 0 Å². The second-order valence-corrected chi connectivity index (χ2v) is 8.80. The number of ether oxygens (including phenoxy) is 2. The van der Waals surface area contributed by atoms with Crippen LogP contribution in [0.5, 0.6) is 0 Å². The van der Waals surface area contributed by atoms with Crippen LogP contribution < -0.4 is 0 Å². The third-order valence-electron chi connectivity index (χ3n) is 5.83. The van der Waals surface area contributed by atoms with Gasteiger partial charge in [0.15, 0.2) is 0 Å².